The minimum absolute atomic E-state index is 0.299. The second-order valence-corrected chi connectivity index (χ2v) is 4.49. The molecule has 0 bridgehead atoms. The van der Waals surface area contributed by atoms with Crippen LogP contribution in [-0.2, 0) is 0 Å². The Morgan fingerprint density at radius 2 is 2.12 bits per heavy atom. The molecule has 2 rings (SSSR count). The lowest BCUT2D eigenvalue weighted by Gasteiger charge is -2.32. The van der Waals surface area contributed by atoms with Crippen LogP contribution in [0.4, 0.5) is 10.2 Å². The number of aryl methyl sites for hydroxylation is 1. The van der Waals surface area contributed by atoms with Crippen molar-refractivity contribution in [1.82, 2.24) is 9.97 Å². The Morgan fingerprint density at radius 3 is 2.75 bits per heavy atom. The normalized spacial score (nSPS) is 17.8. The highest BCUT2D eigenvalue weighted by Gasteiger charge is 2.22. The molecule has 1 aromatic rings. The van der Waals surface area contributed by atoms with Crippen molar-refractivity contribution in [2.45, 2.75) is 19.8 Å². The van der Waals surface area contributed by atoms with E-state index in [1.54, 1.807) is 6.92 Å². The molecule has 0 spiro atoms. The van der Waals surface area contributed by atoms with Gasteiger partial charge in [0.1, 0.15) is 6.33 Å². The number of rotatable bonds is 2. The Morgan fingerprint density at radius 1 is 1.44 bits per heavy atom. The molecule has 1 aliphatic rings. The third kappa shape index (κ3) is 2.26. The molecule has 16 heavy (non-hydrogen) atoms. The topological polar surface area (TPSA) is 29.0 Å². The van der Waals surface area contributed by atoms with Crippen LogP contribution in [0.5, 0.6) is 0 Å². The van der Waals surface area contributed by atoms with Crippen LogP contribution >= 0.6 is 11.6 Å². The molecule has 0 radical (unpaired) electrons. The third-order valence-electron chi connectivity index (χ3n) is 3.08. The zero-order chi connectivity index (χ0) is 11.5. The summed E-state index contributed by atoms with van der Waals surface area (Å²) < 4.78 is 13.8. The summed E-state index contributed by atoms with van der Waals surface area (Å²) >= 11 is 5.81. The Balaban J connectivity index is 2.11. The molecule has 1 fully saturated rings. The van der Waals surface area contributed by atoms with E-state index in [9.17, 15) is 4.39 Å². The molecule has 2 heterocycles. The van der Waals surface area contributed by atoms with Crippen LogP contribution < -0.4 is 4.90 Å². The molecule has 0 atom stereocenters. The van der Waals surface area contributed by atoms with Crippen LogP contribution in [0.1, 0.15) is 18.5 Å². The van der Waals surface area contributed by atoms with Gasteiger partial charge in [-0.1, -0.05) is 0 Å². The molecule has 3 nitrogen and oxygen atoms in total. The quantitative estimate of drug-likeness (QED) is 0.747. The van der Waals surface area contributed by atoms with Gasteiger partial charge in [0.2, 0.25) is 0 Å². The maximum absolute atomic E-state index is 13.8. The first-order valence-corrected chi connectivity index (χ1v) is 6.04. The van der Waals surface area contributed by atoms with Crippen LogP contribution in [0.15, 0.2) is 6.33 Å². The monoisotopic (exact) mass is 243 g/mol. The minimum atomic E-state index is -0.299. The van der Waals surface area contributed by atoms with Crippen LogP contribution in [0.25, 0.3) is 0 Å². The molecule has 0 unspecified atom stereocenters. The molecule has 5 heteroatoms. The summed E-state index contributed by atoms with van der Waals surface area (Å²) in [6, 6.07) is 0. The summed E-state index contributed by atoms with van der Waals surface area (Å²) in [5.74, 6) is 1.38. The van der Waals surface area contributed by atoms with E-state index in [4.69, 9.17) is 11.6 Å². The first-order chi connectivity index (χ1) is 7.72. The second kappa shape index (κ2) is 4.95. The van der Waals surface area contributed by atoms with Gasteiger partial charge in [-0.2, -0.15) is 0 Å². The zero-order valence-electron chi connectivity index (χ0n) is 9.29. The largest absolute Gasteiger partial charge is 0.354 e. The highest BCUT2D eigenvalue weighted by atomic mass is 35.5. The maximum Gasteiger partial charge on any atom is 0.186 e. The summed E-state index contributed by atoms with van der Waals surface area (Å²) in [5, 5.41) is 0. The molecule has 0 aliphatic carbocycles. The highest BCUT2D eigenvalue weighted by Crippen LogP contribution is 2.24. The van der Waals surface area contributed by atoms with Gasteiger partial charge in [0.05, 0.1) is 5.69 Å². The van der Waals surface area contributed by atoms with Gasteiger partial charge >= 0.3 is 0 Å². The van der Waals surface area contributed by atoms with E-state index in [-0.39, 0.29) is 5.82 Å². The molecule has 1 aliphatic heterocycles. The van der Waals surface area contributed by atoms with Gasteiger partial charge in [0.25, 0.3) is 0 Å². The SMILES string of the molecule is Cc1ncnc(N2CCC(CCl)CC2)c1F. The third-order valence-corrected chi connectivity index (χ3v) is 3.51. The molecule has 0 N–H and O–H groups in total. The second-order valence-electron chi connectivity index (χ2n) is 4.18. The molecular weight excluding hydrogens is 229 g/mol. The Labute approximate surface area is 99.6 Å². The first kappa shape index (κ1) is 11.6. The van der Waals surface area contributed by atoms with Gasteiger partial charge in [0.15, 0.2) is 11.6 Å². The fourth-order valence-corrected chi connectivity index (χ4v) is 2.27. The fraction of sp³-hybridized carbons (Fsp3) is 0.636. The fourth-order valence-electron chi connectivity index (χ4n) is 1.96. The molecule has 88 valence electrons. The van der Waals surface area contributed by atoms with E-state index in [2.05, 4.69) is 9.97 Å². The Kier molecular flexibility index (Phi) is 3.59. The molecule has 0 aromatic carbocycles. The van der Waals surface area contributed by atoms with E-state index < -0.39 is 0 Å². The first-order valence-electron chi connectivity index (χ1n) is 5.50. The summed E-state index contributed by atoms with van der Waals surface area (Å²) in [4.78, 5) is 9.83. The van der Waals surface area contributed by atoms with Crippen molar-refractivity contribution in [3.8, 4) is 0 Å². The predicted molar refractivity (Wildman–Crippen MR) is 62.4 cm³/mol. The summed E-state index contributed by atoms with van der Waals surface area (Å²) in [5.41, 5.74) is 0.407. The van der Waals surface area contributed by atoms with Crippen molar-refractivity contribution in [3.05, 3.63) is 17.8 Å². The number of hydrogen-bond acceptors (Lipinski definition) is 3. The maximum atomic E-state index is 13.8. The van der Waals surface area contributed by atoms with Crippen molar-refractivity contribution < 1.29 is 4.39 Å². The van der Waals surface area contributed by atoms with Crippen molar-refractivity contribution in [1.29, 1.82) is 0 Å². The van der Waals surface area contributed by atoms with Gasteiger partial charge in [-0.15, -0.1) is 11.6 Å². The average Bonchev–Trinajstić information content (AvgIpc) is 2.33. The molecule has 0 saturated carbocycles. The van der Waals surface area contributed by atoms with Crippen molar-refractivity contribution in [3.63, 3.8) is 0 Å². The van der Waals surface area contributed by atoms with Crippen LogP contribution in [-0.4, -0.2) is 28.9 Å². The van der Waals surface area contributed by atoms with Gasteiger partial charge in [-0.3, -0.25) is 0 Å². The standard InChI is InChI=1S/C11H15ClFN3/c1-8-10(13)11(15-7-14-8)16-4-2-9(6-12)3-5-16/h7,9H,2-6H2,1H3. The van der Waals surface area contributed by atoms with Crippen LogP contribution in [0.3, 0.4) is 0 Å². The smallest absolute Gasteiger partial charge is 0.186 e. The van der Waals surface area contributed by atoms with Crippen molar-refractivity contribution in [2.75, 3.05) is 23.9 Å². The zero-order valence-corrected chi connectivity index (χ0v) is 10.0. The van der Waals surface area contributed by atoms with E-state index in [0.717, 1.165) is 25.9 Å². The van der Waals surface area contributed by atoms with E-state index in [1.165, 1.54) is 6.33 Å². The van der Waals surface area contributed by atoms with Gasteiger partial charge in [0, 0.05) is 19.0 Å². The highest BCUT2D eigenvalue weighted by molar-refractivity contribution is 6.18. The van der Waals surface area contributed by atoms with Gasteiger partial charge < -0.3 is 4.90 Å². The molecule has 0 amide bonds. The molecule has 1 saturated heterocycles. The van der Waals surface area contributed by atoms with Crippen molar-refractivity contribution in [2.24, 2.45) is 5.92 Å². The van der Waals surface area contributed by atoms with Crippen molar-refractivity contribution >= 4 is 17.4 Å². The number of nitrogens with zero attached hydrogens (tertiary/aromatic N) is 3. The summed E-state index contributed by atoms with van der Waals surface area (Å²) in [7, 11) is 0. The van der Waals surface area contributed by atoms with Gasteiger partial charge in [-0.25, -0.2) is 14.4 Å². The minimum Gasteiger partial charge on any atom is -0.354 e. The molecular formula is C11H15ClFN3. The lowest BCUT2D eigenvalue weighted by Crippen LogP contribution is -2.35. The van der Waals surface area contributed by atoms with Gasteiger partial charge in [-0.05, 0) is 25.7 Å². The van der Waals surface area contributed by atoms with E-state index >= 15 is 0 Å². The average molecular weight is 244 g/mol. The van der Waals surface area contributed by atoms with E-state index in [1.807, 2.05) is 4.90 Å². The number of hydrogen-bond donors (Lipinski definition) is 0. The lowest BCUT2D eigenvalue weighted by atomic mass is 9.99. The number of anilines is 1. The number of halogens is 2. The number of piperidine rings is 1. The number of alkyl halides is 1. The van der Waals surface area contributed by atoms with Crippen LogP contribution in [0.2, 0.25) is 0 Å². The van der Waals surface area contributed by atoms with Crippen LogP contribution in [0, 0.1) is 18.7 Å². The summed E-state index contributed by atoms with van der Waals surface area (Å²) in [6.07, 6.45) is 3.43. The predicted octanol–water partition coefficient (Wildman–Crippen LogP) is 2.38. The van der Waals surface area contributed by atoms with E-state index in [0.29, 0.717) is 23.3 Å². The summed E-state index contributed by atoms with van der Waals surface area (Å²) in [6.45, 7) is 3.31. The Hall–Kier alpha value is -0.900. The lowest BCUT2D eigenvalue weighted by molar-refractivity contribution is 0.435. The number of aromatic nitrogens is 2. The Bertz CT molecular complexity index is 364. The molecule has 1 aromatic heterocycles.